The molecule has 1 heterocycles. The average molecular weight is 265 g/mol. The van der Waals surface area contributed by atoms with Crippen LogP contribution >= 0.6 is 0 Å². The van der Waals surface area contributed by atoms with Crippen LogP contribution in [-0.2, 0) is 16.0 Å². The van der Waals surface area contributed by atoms with E-state index in [0.29, 0.717) is 37.4 Å². The SMILES string of the molecule is COc1ccc([N+](=O)[O-])cc1CC1COCCC1=O. The number of rotatable bonds is 4. The van der Waals surface area contributed by atoms with Crippen LogP contribution in [0.2, 0.25) is 0 Å². The first kappa shape index (κ1) is 13.5. The van der Waals surface area contributed by atoms with Crippen molar-refractivity contribution >= 4 is 11.5 Å². The highest BCUT2D eigenvalue weighted by atomic mass is 16.6. The van der Waals surface area contributed by atoms with E-state index in [2.05, 4.69) is 0 Å². The van der Waals surface area contributed by atoms with E-state index in [4.69, 9.17) is 9.47 Å². The number of nitro benzene ring substituents is 1. The molecule has 1 aliphatic rings. The van der Waals surface area contributed by atoms with E-state index in [0.717, 1.165) is 0 Å². The molecule has 19 heavy (non-hydrogen) atoms. The molecule has 0 aromatic heterocycles. The summed E-state index contributed by atoms with van der Waals surface area (Å²) in [4.78, 5) is 22.1. The monoisotopic (exact) mass is 265 g/mol. The topological polar surface area (TPSA) is 78.7 Å². The highest BCUT2D eigenvalue weighted by Gasteiger charge is 2.25. The minimum Gasteiger partial charge on any atom is -0.496 e. The van der Waals surface area contributed by atoms with Crippen molar-refractivity contribution in [3.63, 3.8) is 0 Å². The first-order chi connectivity index (χ1) is 9.11. The average Bonchev–Trinajstić information content (AvgIpc) is 2.41. The lowest BCUT2D eigenvalue weighted by Crippen LogP contribution is -2.29. The Labute approximate surface area is 110 Å². The summed E-state index contributed by atoms with van der Waals surface area (Å²) >= 11 is 0. The number of carbonyl (C=O) groups excluding carboxylic acids is 1. The van der Waals surface area contributed by atoms with Crippen LogP contribution in [0, 0.1) is 16.0 Å². The fourth-order valence-corrected chi connectivity index (χ4v) is 2.17. The van der Waals surface area contributed by atoms with Crippen LogP contribution in [0.15, 0.2) is 18.2 Å². The number of ketones is 1. The fourth-order valence-electron chi connectivity index (χ4n) is 2.17. The molecule has 102 valence electrons. The normalized spacial score (nSPS) is 19.2. The smallest absolute Gasteiger partial charge is 0.269 e. The van der Waals surface area contributed by atoms with Gasteiger partial charge in [0.25, 0.3) is 5.69 Å². The highest BCUT2D eigenvalue weighted by Crippen LogP contribution is 2.27. The number of nitro groups is 1. The Bertz CT molecular complexity index is 500. The van der Waals surface area contributed by atoms with Crippen molar-refractivity contribution < 1.29 is 19.2 Å². The Balaban J connectivity index is 2.23. The summed E-state index contributed by atoms with van der Waals surface area (Å²) in [5.41, 5.74) is 0.667. The third-order valence-electron chi connectivity index (χ3n) is 3.21. The molecule has 0 saturated carbocycles. The van der Waals surface area contributed by atoms with Gasteiger partial charge in [-0.15, -0.1) is 0 Å². The molecule has 1 unspecified atom stereocenters. The summed E-state index contributed by atoms with van der Waals surface area (Å²) in [7, 11) is 1.50. The van der Waals surface area contributed by atoms with Crippen LogP contribution in [0.3, 0.4) is 0 Å². The van der Waals surface area contributed by atoms with E-state index >= 15 is 0 Å². The Morgan fingerprint density at radius 2 is 2.32 bits per heavy atom. The summed E-state index contributed by atoms with van der Waals surface area (Å²) in [6.45, 7) is 0.825. The standard InChI is InChI=1S/C13H15NO5/c1-18-13-3-2-11(14(16)17)7-9(13)6-10-8-19-5-4-12(10)15/h2-3,7,10H,4-6,8H2,1H3. The first-order valence-electron chi connectivity index (χ1n) is 6.03. The van der Waals surface area contributed by atoms with Crippen molar-refractivity contribution in [2.75, 3.05) is 20.3 Å². The maximum atomic E-state index is 11.8. The van der Waals surface area contributed by atoms with Gasteiger partial charge in [-0.05, 0) is 12.5 Å². The second kappa shape index (κ2) is 5.79. The van der Waals surface area contributed by atoms with E-state index in [1.54, 1.807) is 6.07 Å². The number of Topliss-reactive ketones (excluding diaryl/α,β-unsaturated/α-hetero) is 1. The number of carbonyl (C=O) groups is 1. The highest BCUT2D eigenvalue weighted by molar-refractivity contribution is 5.82. The van der Waals surface area contributed by atoms with Gasteiger partial charge in [0.05, 0.1) is 25.2 Å². The largest absolute Gasteiger partial charge is 0.496 e. The van der Waals surface area contributed by atoms with E-state index in [1.165, 1.54) is 19.2 Å². The van der Waals surface area contributed by atoms with Gasteiger partial charge in [0, 0.05) is 30.0 Å². The molecule has 6 nitrogen and oxygen atoms in total. The van der Waals surface area contributed by atoms with Gasteiger partial charge in [-0.2, -0.15) is 0 Å². The molecule has 0 spiro atoms. The Kier molecular flexibility index (Phi) is 4.11. The second-order valence-corrected chi connectivity index (χ2v) is 4.45. The Morgan fingerprint density at radius 3 is 2.95 bits per heavy atom. The number of benzene rings is 1. The van der Waals surface area contributed by atoms with Crippen LogP contribution in [-0.4, -0.2) is 31.0 Å². The summed E-state index contributed by atoms with van der Waals surface area (Å²) in [6, 6.07) is 4.41. The minimum absolute atomic E-state index is 0.0000215. The molecular formula is C13H15NO5. The summed E-state index contributed by atoms with van der Waals surface area (Å²) in [6.07, 6.45) is 0.811. The molecule has 1 aliphatic heterocycles. The molecule has 0 N–H and O–H groups in total. The molecule has 0 aliphatic carbocycles. The van der Waals surface area contributed by atoms with E-state index in [1.807, 2.05) is 0 Å². The molecule has 0 amide bonds. The van der Waals surface area contributed by atoms with Gasteiger partial charge < -0.3 is 9.47 Å². The maximum absolute atomic E-state index is 11.8. The number of methoxy groups -OCH3 is 1. The number of nitrogens with zero attached hydrogens (tertiary/aromatic N) is 1. The van der Waals surface area contributed by atoms with Crippen molar-refractivity contribution in [3.05, 3.63) is 33.9 Å². The third-order valence-corrected chi connectivity index (χ3v) is 3.21. The van der Waals surface area contributed by atoms with Crippen molar-refractivity contribution in [1.29, 1.82) is 0 Å². The Hall–Kier alpha value is -1.95. The Morgan fingerprint density at radius 1 is 1.53 bits per heavy atom. The molecule has 1 fully saturated rings. The van der Waals surface area contributed by atoms with Crippen LogP contribution < -0.4 is 4.74 Å². The van der Waals surface area contributed by atoms with Crippen LogP contribution in [0.4, 0.5) is 5.69 Å². The quantitative estimate of drug-likeness (QED) is 0.612. The van der Waals surface area contributed by atoms with Gasteiger partial charge in [0.2, 0.25) is 0 Å². The van der Waals surface area contributed by atoms with Crippen LogP contribution in [0.5, 0.6) is 5.75 Å². The summed E-state index contributed by atoms with van der Waals surface area (Å²) in [5, 5.41) is 10.8. The molecule has 0 radical (unpaired) electrons. The lowest BCUT2D eigenvalue weighted by atomic mass is 9.92. The molecule has 1 saturated heterocycles. The summed E-state index contributed by atoms with van der Waals surface area (Å²) in [5.74, 6) is 0.452. The fraction of sp³-hybridized carbons (Fsp3) is 0.462. The predicted octanol–water partition coefficient (Wildman–Crippen LogP) is 1.75. The molecule has 6 heteroatoms. The van der Waals surface area contributed by atoms with Gasteiger partial charge in [-0.25, -0.2) is 0 Å². The number of hydrogen-bond donors (Lipinski definition) is 0. The van der Waals surface area contributed by atoms with Crippen molar-refractivity contribution in [3.8, 4) is 5.75 Å². The molecule has 1 aromatic rings. The van der Waals surface area contributed by atoms with Crippen molar-refractivity contribution in [2.24, 2.45) is 5.92 Å². The molecule has 0 bridgehead atoms. The van der Waals surface area contributed by atoms with E-state index in [9.17, 15) is 14.9 Å². The molecule has 1 atom stereocenters. The zero-order chi connectivity index (χ0) is 13.8. The predicted molar refractivity (Wildman–Crippen MR) is 67.3 cm³/mol. The second-order valence-electron chi connectivity index (χ2n) is 4.45. The van der Waals surface area contributed by atoms with Crippen LogP contribution in [0.1, 0.15) is 12.0 Å². The number of ether oxygens (including phenoxy) is 2. The molecule has 2 rings (SSSR count). The first-order valence-corrected chi connectivity index (χ1v) is 6.03. The zero-order valence-electron chi connectivity index (χ0n) is 10.6. The van der Waals surface area contributed by atoms with Crippen LogP contribution in [0.25, 0.3) is 0 Å². The number of non-ortho nitro benzene ring substituents is 1. The summed E-state index contributed by atoms with van der Waals surface area (Å²) < 4.78 is 10.5. The zero-order valence-corrected chi connectivity index (χ0v) is 10.6. The van der Waals surface area contributed by atoms with Gasteiger partial charge in [-0.3, -0.25) is 14.9 Å². The lowest BCUT2D eigenvalue weighted by Gasteiger charge is -2.21. The van der Waals surface area contributed by atoms with Crippen molar-refractivity contribution in [2.45, 2.75) is 12.8 Å². The molecule has 1 aromatic carbocycles. The van der Waals surface area contributed by atoms with Gasteiger partial charge >= 0.3 is 0 Å². The van der Waals surface area contributed by atoms with Gasteiger partial charge in [0.1, 0.15) is 11.5 Å². The number of hydrogen-bond acceptors (Lipinski definition) is 5. The van der Waals surface area contributed by atoms with E-state index < -0.39 is 4.92 Å². The van der Waals surface area contributed by atoms with Gasteiger partial charge in [-0.1, -0.05) is 0 Å². The van der Waals surface area contributed by atoms with E-state index in [-0.39, 0.29) is 17.4 Å². The maximum Gasteiger partial charge on any atom is 0.269 e. The minimum atomic E-state index is -0.456. The molecular weight excluding hydrogens is 250 g/mol. The van der Waals surface area contributed by atoms with Crippen molar-refractivity contribution in [1.82, 2.24) is 0 Å². The van der Waals surface area contributed by atoms with Gasteiger partial charge in [0.15, 0.2) is 0 Å². The lowest BCUT2D eigenvalue weighted by molar-refractivity contribution is -0.384. The third kappa shape index (κ3) is 3.08.